The minimum Gasteiger partial charge on any atom is -0.367 e. The van der Waals surface area contributed by atoms with Crippen molar-refractivity contribution >= 4 is 23.1 Å². The summed E-state index contributed by atoms with van der Waals surface area (Å²) >= 11 is 1.59. The molecule has 154 valence electrons. The van der Waals surface area contributed by atoms with E-state index in [0.717, 1.165) is 22.0 Å². The van der Waals surface area contributed by atoms with Crippen molar-refractivity contribution in [3.05, 3.63) is 58.9 Å². The monoisotopic (exact) mass is 422 g/mol. The van der Waals surface area contributed by atoms with Gasteiger partial charge < -0.3 is 10.6 Å². The lowest BCUT2D eigenvalue weighted by Crippen LogP contribution is -2.30. The SMILES string of the molecule is Cc1cc(C)n(-c2ccc(NCCNC(=O)c3cc(-c4cccs4)nn3C)nn2)n1. The Morgan fingerprint density at radius 3 is 2.63 bits per heavy atom. The van der Waals surface area contributed by atoms with Crippen molar-refractivity contribution < 1.29 is 4.79 Å². The van der Waals surface area contributed by atoms with E-state index in [4.69, 9.17) is 0 Å². The summed E-state index contributed by atoms with van der Waals surface area (Å²) in [6, 6.07) is 11.4. The number of amides is 1. The lowest BCUT2D eigenvalue weighted by Gasteiger charge is -2.08. The molecule has 0 atom stereocenters. The van der Waals surface area contributed by atoms with E-state index in [1.54, 1.807) is 33.8 Å². The predicted molar refractivity (Wildman–Crippen MR) is 116 cm³/mol. The van der Waals surface area contributed by atoms with Crippen molar-refractivity contribution in [1.82, 2.24) is 35.1 Å². The van der Waals surface area contributed by atoms with Crippen LogP contribution in [-0.4, -0.2) is 48.8 Å². The Bertz CT molecular complexity index is 1140. The number of anilines is 1. The van der Waals surface area contributed by atoms with Crippen LogP contribution in [0.4, 0.5) is 5.82 Å². The molecule has 0 spiro atoms. The lowest BCUT2D eigenvalue weighted by atomic mass is 10.3. The second-order valence-electron chi connectivity index (χ2n) is 6.81. The summed E-state index contributed by atoms with van der Waals surface area (Å²) in [6.07, 6.45) is 0. The molecule has 10 heteroatoms. The van der Waals surface area contributed by atoms with Gasteiger partial charge >= 0.3 is 0 Å². The molecular weight excluding hydrogens is 400 g/mol. The zero-order chi connectivity index (χ0) is 21.1. The van der Waals surface area contributed by atoms with E-state index in [1.165, 1.54) is 0 Å². The highest BCUT2D eigenvalue weighted by molar-refractivity contribution is 7.13. The summed E-state index contributed by atoms with van der Waals surface area (Å²) in [7, 11) is 1.77. The van der Waals surface area contributed by atoms with E-state index >= 15 is 0 Å². The fourth-order valence-electron chi connectivity index (χ4n) is 3.07. The first kappa shape index (κ1) is 19.8. The summed E-state index contributed by atoms with van der Waals surface area (Å²) in [5.41, 5.74) is 3.26. The Hall–Kier alpha value is -3.53. The predicted octanol–water partition coefficient (Wildman–Crippen LogP) is 2.58. The number of thiophene rings is 1. The van der Waals surface area contributed by atoms with Gasteiger partial charge in [-0.2, -0.15) is 10.2 Å². The molecule has 4 rings (SSSR count). The quantitative estimate of drug-likeness (QED) is 0.444. The van der Waals surface area contributed by atoms with Crippen LogP contribution < -0.4 is 10.6 Å². The number of nitrogens with zero attached hydrogens (tertiary/aromatic N) is 6. The van der Waals surface area contributed by atoms with Gasteiger partial charge in [-0.1, -0.05) is 6.07 Å². The molecule has 0 aliphatic heterocycles. The van der Waals surface area contributed by atoms with Gasteiger partial charge in [0.1, 0.15) is 17.2 Å². The fourth-order valence-corrected chi connectivity index (χ4v) is 3.76. The highest BCUT2D eigenvalue weighted by Crippen LogP contribution is 2.23. The van der Waals surface area contributed by atoms with Crippen LogP contribution in [0.5, 0.6) is 0 Å². The summed E-state index contributed by atoms with van der Waals surface area (Å²) in [5.74, 6) is 1.13. The van der Waals surface area contributed by atoms with E-state index in [9.17, 15) is 4.79 Å². The minimum atomic E-state index is -0.166. The van der Waals surface area contributed by atoms with Crippen LogP contribution in [0.25, 0.3) is 16.4 Å². The molecule has 0 radical (unpaired) electrons. The smallest absolute Gasteiger partial charge is 0.269 e. The van der Waals surface area contributed by atoms with Crippen LogP contribution in [0.3, 0.4) is 0 Å². The summed E-state index contributed by atoms with van der Waals surface area (Å²) in [6.45, 7) is 4.88. The van der Waals surface area contributed by atoms with Crippen molar-refractivity contribution in [2.24, 2.45) is 7.05 Å². The minimum absolute atomic E-state index is 0.166. The molecule has 0 unspecified atom stereocenters. The number of rotatable bonds is 7. The second-order valence-corrected chi connectivity index (χ2v) is 7.76. The zero-order valence-electron chi connectivity index (χ0n) is 17.0. The third-order valence-corrected chi connectivity index (χ3v) is 5.37. The topological polar surface area (TPSA) is 103 Å². The number of hydrogen-bond acceptors (Lipinski definition) is 7. The number of carbonyl (C=O) groups is 1. The van der Waals surface area contributed by atoms with Gasteiger partial charge in [-0.25, -0.2) is 4.68 Å². The van der Waals surface area contributed by atoms with Crippen molar-refractivity contribution in [3.8, 4) is 16.4 Å². The molecule has 4 heterocycles. The highest BCUT2D eigenvalue weighted by atomic mass is 32.1. The van der Waals surface area contributed by atoms with E-state index < -0.39 is 0 Å². The van der Waals surface area contributed by atoms with Crippen molar-refractivity contribution in [2.45, 2.75) is 13.8 Å². The Morgan fingerprint density at radius 2 is 1.97 bits per heavy atom. The molecule has 0 bridgehead atoms. The number of hydrogen-bond donors (Lipinski definition) is 2. The number of nitrogens with one attached hydrogen (secondary N) is 2. The molecule has 4 aromatic heterocycles. The Kier molecular flexibility index (Phi) is 5.57. The van der Waals surface area contributed by atoms with Crippen LogP contribution in [-0.2, 0) is 7.05 Å². The Balaban J connectivity index is 1.29. The average Bonchev–Trinajstić information content (AvgIpc) is 3.46. The number of aryl methyl sites for hydroxylation is 3. The van der Waals surface area contributed by atoms with Crippen molar-refractivity contribution in [1.29, 1.82) is 0 Å². The number of carbonyl (C=O) groups excluding carboxylic acids is 1. The van der Waals surface area contributed by atoms with Crippen LogP contribution >= 0.6 is 11.3 Å². The van der Waals surface area contributed by atoms with Crippen LogP contribution in [0.1, 0.15) is 21.9 Å². The maximum atomic E-state index is 12.5. The average molecular weight is 423 g/mol. The summed E-state index contributed by atoms with van der Waals surface area (Å²) < 4.78 is 3.35. The molecule has 2 N–H and O–H groups in total. The normalized spacial score (nSPS) is 10.9. The Labute approximate surface area is 177 Å². The molecular formula is C20H22N8OS. The molecule has 0 fully saturated rings. The van der Waals surface area contributed by atoms with Gasteiger partial charge in [0.25, 0.3) is 5.91 Å². The largest absolute Gasteiger partial charge is 0.367 e. The van der Waals surface area contributed by atoms with Gasteiger partial charge in [0.2, 0.25) is 0 Å². The van der Waals surface area contributed by atoms with Crippen molar-refractivity contribution in [3.63, 3.8) is 0 Å². The van der Waals surface area contributed by atoms with Crippen LogP contribution in [0.15, 0.2) is 41.8 Å². The molecule has 0 aliphatic carbocycles. The molecule has 0 saturated carbocycles. The maximum Gasteiger partial charge on any atom is 0.269 e. The second kappa shape index (κ2) is 8.46. The molecule has 0 aromatic carbocycles. The van der Waals surface area contributed by atoms with Gasteiger partial charge in [0, 0.05) is 25.8 Å². The van der Waals surface area contributed by atoms with Gasteiger partial charge in [-0.15, -0.1) is 21.5 Å². The van der Waals surface area contributed by atoms with Gasteiger partial charge in [0.05, 0.1) is 10.6 Å². The van der Waals surface area contributed by atoms with E-state index in [-0.39, 0.29) is 5.91 Å². The van der Waals surface area contributed by atoms with E-state index in [0.29, 0.717) is 30.4 Å². The van der Waals surface area contributed by atoms with Crippen LogP contribution in [0, 0.1) is 13.8 Å². The first-order valence-corrected chi connectivity index (χ1v) is 10.4. The lowest BCUT2D eigenvalue weighted by molar-refractivity contribution is 0.0946. The van der Waals surface area contributed by atoms with E-state index in [1.807, 2.05) is 49.6 Å². The van der Waals surface area contributed by atoms with Gasteiger partial charge in [-0.05, 0) is 49.6 Å². The highest BCUT2D eigenvalue weighted by Gasteiger charge is 2.14. The summed E-state index contributed by atoms with van der Waals surface area (Å²) in [5, 5.41) is 25.2. The molecule has 1 amide bonds. The van der Waals surface area contributed by atoms with Crippen LogP contribution in [0.2, 0.25) is 0 Å². The summed E-state index contributed by atoms with van der Waals surface area (Å²) in [4.78, 5) is 13.5. The third-order valence-electron chi connectivity index (χ3n) is 4.48. The third kappa shape index (κ3) is 4.23. The van der Waals surface area contributed by atoms with Gasteiger partial charge in [0.15, 0.2) is 5.82 Å². The molecule has 30 heavy (non-hydrogen) atoms. The maximum absolute atomic E-state index is 12.5. The van der Waals surface area contributed by atoms with E-state index in [2.05, 4.69) is 31.0 Å². The number of aromatic nitrogens is 6. The molecule has 9 nitrogen and oxygen atoms in total. The van der Waals surface area contributed by atoms with Gasteiger partial charge in [-0.3, -0.25) is 9.48 Å². The molecule has 0 aliphatic rings. The zero-order valence-corrected chi connectivity index (χ0v) is 17.8. The standard InChI is InChI=1S/C20H22N8OS/c1-13-11-14(2)28(25-13)19-7-6-18(23-24-19)21-8-9-22-20(29)16-12-15(26-27(16)3)17-5-4-10-30-17/h4-7,10-12H,8-9H2,1-3H3,(H,21,23)(H,22,29). The molecule has 4 aromatic rings. The Morgan fingerprint density at radius 1 is 1.10 bits per heavy atom. The first-order chi connectivity index (χ1) is 14.5. The fraction of sp³-hybridized carbons (Fsp3) is 0.250. The molecule has 0 saturated heterocycles. The first-order valence-electron chi connectivity index (χ1n) is 9.48. The van der Waals surface area contributed by atoms with Crippen molar-refractivity contribution in [2.75, 3.05) is 18.4 Å².